The number of nitriles is 1. The third-order valence-electron chi connectivity index (χ3n) is 11.9. The number of alkyl halides is 18. The summed E-state index contributed by atoms with van der Waals surface area (Å²) in [6.07, 6.45) is -24.1. The van der Waals surface area contributed by atoms with Crippen LogP contribution in [-0.2, 0) is 9.47 Å². The molecule has 4 rings (SSSR count). The highest BCUT2D eigenvalue weighted by Crippen LogP contribution is 2.80. The van der Waals surface area contributed by atoms with Crippen molar-refractivity contribution < 1.29 is 88.5 Å². The van der Waals surface area contributed by atoms with Gasteiger partial charge in [0.2, 0.25) is 5.60 Å². The molecule has 4 aliphatic rings. The molecule has 53 heavy (non-hydrogen) atoms. The molecule has 0 radical (unpaired) electrons. The highest BCUT2D eigenvalue weighted by atomic mass is 19.4. The van der Waals surface area contributed by atoms with E-state index in [0.29, 0.717) is 0 Å². The van der Waals surface area contributed by atoms with E-state index in [-0.39, 0.29) is 45.4 Å². The molecule has 0 aromatic rings. The van der Waals surface area contributed by atoms with E-state index in [9.17, 15) is 49.2 Å². The second-order valence-electron chi connectivity index (χ2n) is 15.3. The fourth-order valence-corrected chi connectivity index (χ4v) is 9.73. The van der Waals surface area contributed by atoms with Crippen LogP contribution in [0.2, 0.25) is 0 Å². The van der Waals surface area contributed by atoms with Gasteiger partial charge in [-0.25, -0.2) is 0 Å². The van der Waals surface area contributed by atoms with Crippen molar-refractivity contribution in [1.82, 2.24) is 0 Å². The largest absolute Gasteiger partial charge is 0.460 e. The van der Waals surface area contributed by atoms with E-state index in [1.807, 2.05) is 6.07 Å². The number of ether oxygens (including phenoxy) is 2. The van der Waals surface area contributed by atoms with E-state index >= 15 is 35.1 Å². The van der Waals surface area contributed by atoms with Crippen LogP contribution in [0.5, 0.6) is 0 Å². The highest BCUT2D eigenvalue weighted by Gasteiger charge is 2.99. The van der Waals surface area contributed by atoms with E-state index in [1.165, 1.54) is 27.7 Å². The summed E-state index contributed by atoms with van der Waals surface area (Å²) in [5, 5.41) is 9.53. The summed E-state index contributed by atoms with van der Waals surface area (Å²) in [5.74, 6) is -52.4. The first-order valence-corrected chi connectivity index (χ1v) is 16.6. The molecule has 0 N–H and O–H groups in total. The smallest absolute Gasteiger partial charge is 0.353 e. The van der Waals surface area contributed by atoms with Crippen LogP contribution in [0.4, 0.5) is 79.0 Å². The number of hydrogen-bond acceptors (Lipinski definition) is 3. The lowest BCUT2D eigenvalue weighted by Crippen LogP contribution is -2.85. The minimum atomic E-state index is -8.28. The predicted molar refractivity (Wildman–Crippen MR) is 149 cm³/mol. The molecule has 4 saturated carbocycles. The van der Waals surface area contributed by atoms with Gasteiger partial charge in [-0.1, -0.05) is 27.2 Å². The average Bonchev–Trinajstić information content (AvgIpc) is 2.99. The van der Waals surface area contributed by atoms with Crippen molar-refractivity contribution in [1.29, 1.82) is 5.26 Å². The molecular formula is C32H39F18NO2. The Balaban J connectivity index is 2.66. The van der Waals surface area contributed by atoms with Gasteiger partial charge in [0, 0.05) is 17.9 Å². The number of halogens is 18. The van der Waals surface area contributed by atoms with Crippen molar-refractivity contribution in [2.75, 3.05) is 6.61 Å². The Hall–Kier alpha value is -1.85. The van der Waals surface area contributed by atoms with E-state index in [1.54, 1.807) is 0 Å². The van der Waals surface area contributed by atoms with Crippen molar-refractivity contribution in [3.8, 4) is 6.07 Å². The van der Waals surface area contributed by atoms with Crippen LogP contribution in [0.25, 0.3) is 0 Å². The van der Waals surface area contributed by atoms with Gasteiger partial charge in [-0.05, 0) is 87.9 Å². The Bertz CT molecular complexity index is 1310. The lowest BCUT2D eigenvalue weighted by molar-refractivity contribution is -0.502. The number of hydrogen-bond donors (Lipinski definition) is 0. The lowest BCUT2D eigenvalue weighted by atomic mass is 9.34. The summed E-state index contributed by atoms with van der Waals surface area (Å²) in [7, 11) is 0. The van der Waals surface area contributed by atoms with Crippen molar-refractivity contribution in [3.63, 3.8) is 0 Å². The van der Waals surface area contributed by atoms with Gasteiger partial charge in [0.25, 0.3) is 0 Å². The maximum absolute atomic E-state index is 16.9. The van der Waals surface area contributed by atoms with Crippen LogP contribution in [0.1, 0.15) is 92.4 Å². The third kappa shape index (κ3) is 6.18. The molecule has 0 aromatic carbocycles. The second kappa shape index (κ2) is 13.4. The van der Waals surface area contributed by atoms with Gasteiger partial charge in [0.15, 0.2) is 6.29 Å². The summed E-state index contributed by atoms with van der Waals surface area (Å²) in [4.78, 5) is 0. The van der Waals surface area contributed by atoms with Gasteiger partial charge >= 0.3 is 47.9 Å². The van der Waals surface area contributed by atoms with Crippen LogP contribution < -0.4 is 0 Å². The Morgan fingerprint density at radius 1 is 0.642 bits per heavy atom. The summed E-state index contributed by atoms with van der Waals surface area (Å²) in [6.45, 7) is 4.84. The lowest BCUT2D eigenvalue weighted by Gasteiger charge is -2.72. The SMILES string of the molecule is CCCOC(C)OC(C12CC3CC(CC(C(C)(CC)CC(C)C#N)(C3)C1)C2)(C(F)(F)C(F)(F)C(F)(F)C(F)(F)F)C(F)(F)C(F)(F)C(F)(F)C(F)(F)F. The highest BCUT2D eigenvalue weighted by molar-refractivity contribution is 5.30. The van der Waals surface area contributed by atoms with Gasteiger partial charge in [0.05, 0.1) is 6.07 Å². The zero-order valence-electron chi connectivity index (χ0n) is 28.9. The summed E-state index contributed by atoms with van der Waals surface area (Å²) < 4.78 is 279. The monoisotopic (exact) mass is 811 g/mol. The van der Waals surface area contributed by atoms with Gasteiger partial charge in [-0.15, -0.1) is 0 Å². The van der Waals surface area contributed by atoms with Gasteiger partial charge in [-0.2, -0.15) is 84.3 Å². The molecule has 4 aliphatic carbocycles. The van der Waals surface area contributed by atoms with Crippen molar-refractivity contribution in [2.24, 2.45) is 34.0 Å². The molecule has 5 unspecified atom stereocenters. The normalized spacial score (nSPS) is 28.8. The number of nitrogens with zero attached hydrogens (tertiary/aromatic N) is 1. The van der Waals surface area contributed by atoms with E-state index in [2.05, 4.69) is 4.74 Å². The Kier molecular flexibility index (Phi) is 11.5. The van der Waals surface area contributed by atoms with E-state index in [4.69, 9.17) is 4.74 Å². The fraction of sp³-hybridized carbons (Fsp3) is 0.969. The van der Waals surface area contributed by atoms with Crippen LogP contribution >= 0.6 is 0 Å². The maximum atomic E-state index is 16.9. The zero-order chi connectivity index (χ0) is 41.5. The van der Waals surface area contributed by atoms with Crippen LogP contribution in [0.15, 0.2) is 0 Å². The average molecular weight is 812 g/mol. The molecule has 0 aromatic heterocycles. The van der Waals surface area contributed by atoms with Crippen molar-refractivity contribution in [3.05, 3.63) is 0 Å². The third-order valence-corrected chi connectivity index (χ3v) is 11.9. The fourth-order valence-electron chi connectivity index (χ4n) is 9.73. The molecule has 4 bridgehead atoms. The van der Waals surface area contributed by atoms with Crippen LogP contribution in [-0.4, -0.2) is 66.4 Å². The summed E-state index contributed by atoms with van der Waals surface area (Å²) in [5.41, 5.74) is -13.9. The molecule has 310 valence electrons. The molecule has 0 saturated heterocycles. The Morgan fingerprint density at radius 2 is 1.04 bits per heavy atom. The first-order chi connectivity index (χ1) is 23.5. The van der Waals surface area contributed by atoms with Gasteiger partial charge in [0.1, 0.15) is 0 Å². The second-order valence-corrected chi connectivity index (χ2v) is 15.3. The van der Waals surface area contributed by atoms with E-state index in [0.717, 1.165) is 0 Å². The molecule has 4 fully saturated rings. The Morgan fingerprint density at radius 3 is 1.38 bits per heavy atom. The van der Waals surface area contributed by atoms with Crippen molar-refractivity contribution in [2.45, 2.75) is 152 Å². The van der Waals surface area contributed by atoms with Gasteiger partial charge in [-0.3, -0.25) is 0 Å². The molecule has 5 atom stereocenters. The maximum Gasteiger partial charge on any atom is 0.460 e. The molecule has 21 heteroatoms. The van der Waals surface area contributed by atoms with Crippen molar-refractivity contribution >= 4 is 0 Å². The molecular weight excluding hydrogens is 772 g/mol. The van der Waals surface area contributed by atoms with Gasteiger partial charge < -0.3 is 9.47 Å². The zero-order valence-corrected chi connectivity index (χ0v) is 28.9. The minimum Gasteiger partial charge on any atom is -0.353 e. The quantitative estimate of drug-likeness (QED) is 0.115. The first-order valence-electron chi connectivity index (χ1n) is 16.6. The number of rotatable bonds is 16. The van der Waals surface area contributed by atoms with Crippen LogP contribution in [0, 0.1) is 45.3 Å². The molecule has 0 aliphatic heterocycles. The molecule has 0 amide bonds. The predicted octanol–water partition coefficient (Wildman–Crippen LogP) is 12.0. The van der Waals surface area contributed by atoms with Crippen LogP contribution in [0.3, 0.4) is 0 Å². The standard InChI is InChI=1S/C32H39F18NO2/c1-6-8-52-18(4)53-24(25(33,34)27(37,38)29(41,42)31(45,46)47,26(35,36)28(39,40)30(43,44)32(48,49)50)23-13-19-9-20(14-23)12-22(11-19,16-23)21(5,7-2)10-17(3)15-51/h17-20H,6-14,16H2,1-5H3. The molecule has 0 spiro atoms. The minimum absolute atomic E-state index is 0.0875. The van der Waals surface area contributed by atoms with E-state index < -0.39 is 120 Å². The molecule has 3 nitrogen and oxygen atoms in total. The summed E-state index contributed by atoms with van der Waals surface area (Å²) >= 11 is 0. The summed E-state index contributed by atoms with van der Waals surface area (Å²) in [6, 6.07) is 1.86. The first kappa shape index (κ1) is 45.5. The Labute approximate surface area is 293 Å². The topological polar surface area (TPSA) is 42.2 Å². The molecule has 0 heterocycles.